The van der Waals surface area contributed by atoms with Crippen molar-refractivity contribution in [3.8, 4) is 5.75 Å². The number of carbonyl (C=O) groups excluding carboxylic acids is 1. The Balaban J connectivity index is 1.91. The molecule has 2 aromatic carbocycles. The van der Waals surface area contributed by atoms with Crippen molar-refractivity contribution in [1.29, 1.82) is 0 Å². The van der Waals surface area contributed by atoms with E-state index in [9.17, 15) is 4.79 Å². The molecule has 0 aliphatic rings. The highest BCUT2D eigenvalue weighted by Gasteiger charge is 2.09. The highest BCUT2D eigenvalue weighted by atomic mass is 16.5. The van der Waals surface area contributed by atoms with Crippen LogP contribution < -0.4 is 16.2 Å². The Morgan fingerprint density at radius 3 is 2.20 bits per heavy atom. The fraction of sp³-hybridized carbons (Fsp3) is 0.188. The molecule has 0 aromatic heterocycles. The van der Waals surface area contributed by atoms with Gasteiger partial charge in [0.05, 0.1) is 0 Å². The number of ether oxygens (including phenoxy) is 1. The smallest absolute Gasteiger partial charge is 0.237 e. The van der Waals surface area contributed by atoms with E-state index in [0.717, 1.165) is 6.42 Å². The van der Waals surface area contributed by atoms with Crippen LogP contribution in [0.4, 0.5) is 0 Å². The van der Waals surface area contributed by atoms with Crippen LogP contribution in [0.5, 0.6) is 5.75 Å². The molecule has 0 saturated carbocycles. The molecule has 1 amide bonds. The Kier molecular flexibility index (Phi) is 4.74. The molecule has 20 heavy (non-hydrogen) atoms. The van der Waals surface area contributed by atoms with Gasteiger partial charge in [0, 0.05) is 0 Å². The maximum Gasteiger partial charge on any atom is 0.237 e. The van der Waals surface area contributed by atoms with E-state index in [-0.39, 0.29) is 6.61 Å². The summed E-state index contributed by atoms with van der Waals surface area (Å²) in [5.74, 6) is 0.115. The molecule has 1 atom stereocenters. The van der Waals surface area contributed by atoms with Crippen LogP contribution in [0.15, 0.2) is 54.6 Å². The average Bonchev–Trinajstić information content (AvgIpc) is 2.47. The van der Waals surface area contributed by atoms with Crippen LogP contribution in [-0.4, -0.2) is 18.6 Å². The standard InChI is InChI=1S/C16H18N2O2/c17-15(16(18)19)11-20-14-8-6-13(7-9-14)10-12-4-2-1-3-5-12/h1-9,15H,10-11,17H2,(H2,18,19). The van der Waals surface area contributed by atoms with Crippen molar-refractivity contribution in [2.24, 2.45) is 11.5 Å². The van der Waals surface area contributed by atoms with E-state index < -0.39 is 11.9 Å². The van der Waals surface area contributed by atoms with Gasteiger partial charge in [0.1, 0.15) is 18.4 Å². The quantitative estimate of drug-likeness (QED) is 0.834. The van der Waals surface area contributed by atoms with Crippen molar-refractivity contribution in [2.45, 2.75) is 12.5 Å². The van der Waals surface area contributed by atoms with Crippen LogP contribution in [0, 0.1) is 0 Å². The average molecular weight is 270 g/mol. The van der Waals surface area contributed by atoms with E-state index in [1.165, 1.54) is 11.1 Å². The van der Waals surface area contributed by atoms with E-state index in [0.29, 0.717) is 5.75 Å². The molecule has 2 rings (SSSR count). The molecule has 0 aliphatic heterocycles. The lowest BCUT2D eigenvalue weighted by molar-refractivity contribution is -0.119. The van der Waals surface area contributed by atoms with Crippen LogP contribution in [-0.2, 0) is 11.2 Å². The second-order valence-corrected chi connectivity index (χ2v) is 4.63. The molecule has 0 saturated heterocycles. The van der Waals surface area contributed by atoms with Crippen LogP contribution >= 0.6 is 0 Å². The van der Waals surface area contributed by atoms with Crippen molar-refractivity contribution in [3.63, 3.8) is 0 Å². The molecule has 4 heteroatoms. The number of benzene rings is 2. The van der Waals surface area contributed by atoms with Crippen LogP contribution in [0.3, 0.4) is 0 Å². The summed E-state index contributed by atoms with van der Waals surface area (Å²) in [6.45, 7) is 0.0906. The topological polar surface area (TPSA) is 78.3 Å². The zero-order valence-electron chi connectivity index (χ0n) is 11.2. The van der Waals surface area contributed by atoms with E-state index in [1.54, 1.807) is 0 Å². The molecule has 104 valence electrons. The van der Waals surface area contributed by atoms with Crippen LogP contribution in [0.2, 0.25) is 0 Å². The summed E-state index contributed by atoms with van der Waals surface area (Å²) in [4.78, 5) is 10.8. The normalized spacial score (nSPS) is 11.8. The van der Waals surface area contributed by atoms with Gasteiger partial charge in [-0.15, -0.1) is 0 Å². The number of carbonyl (C=O) groups is 1. The third-order valence-electron chi connectivity index (χ3n) is 2.97. The Hall–Kier alpha value is -2.33. The lowest BCUT2D eigenvalue weighted by atomic mass is 10.1. The molecule has 4 nitrogen and oxygen atoms in total. The monoisotopic (exact) mass is 270 g/mol. The maximum absolute atomic E-state index is 10.8. The zero-order valence-corrected chi connectivity index (χ0v) is 11.2. The molecular formula is C16H18N2O2. The molecule has 0 radical (unpaired) electrons. The summed E-state index contributed by atoms with van der Waals surface area (Å²) in [5.41, 5.74) is 13.0. The third kappa shape index (κ3) is 4.10. The van der Waals surface area contributed by atoms with Gasteiger partial charge in [-0.1, -0.05) is 42.5 Å². The van der Waals surface area contributed by atoms with Crippen molar-refractivity contribution < 1.29 is 9.53 Å². The van der Waals surface area contributed by atoms with Gasteiger partial charge in [0.15, 0.2) is 0 Å². The fourth-order valence-corrected chi connectivity index (χ4v) is 1.80. The van der Waals surface area contributed by atoms with E-state index in [4.69, 9.17) is 16.2 Å². The molecule has 4 N–H and O–H groups in total. The van der Waals surface area contributed by atoms with Gasteiger partial charge in [-0.25, -0.2) is 0 Å². The first kappa shape index (κ1) is 14.1. The third-order valence-corrected chi connectivity index (χ3v) is 2.97. The zero-order chi connectivity index (χ0) is 14.4. The number of hydrogen-bond donors (Lipinski definition) is 2. The van der Waals surface area contributed by atoms with Gasteiger partial charge in [-0.3, -0.25) is 4.79 Å². The SMILES string of the molecule is NC(=O)C(N)COc1ccc(Cc2ccccc2)cc1. The lowest BCUT2D eigenvalue weighted by Crippen LogP contribution is -2.41. The molecular weight excluding hydrogens is 252 g/mol. The van der Waals surface area contributed by atoms with Crippen molar-refractivity contribution >= 4 is 5.91 Å². The number of amides is 1. The Morgan fingerprint density at radius 1 is 1.00 bits per heavy atom. The summed E-state index contributed by atoms with van der Waals surface area (Å²) in [6.07, 6.45) is 0.877. The van der Waals surface area contributed by atoms with E-state index >= 15 is 0 Å². The number of rotatable bonds is 6. The number of primary amides is 1. The summed E-state index contributed by atoms with van der Waals surface area (Å²) >= 11 is 0. The molecule has 0 heterocycles. The molecule has 0 fully saturated rings. The second-order valence-electron chi connectivity index (χ2n) is 4.63. The first-order valence-corrected chi connectivity index (χ1v) is 6.46. The minimum Gasteiger partial charge on any atom is -0.491 e. The Morgan fingerprint density at radius 2 is 1.60 bits per heavy atom. The summed E-state index contributed by atoms with van der Waals surface area (Å²) < 4.78 is 5.41. The van der Waals surface area contributed by atoms with Gasteiger partial charge in [0.25, 0.3) is 0 Å². The first-order valence-electron chi connectivity index (χ1n) is 6.46. The summed E-state index contributed by atoms with van der Waals surface area (Å²) in [7, 11) is 0. The number of hydrogen-bond acceptors (Lipinski definition) is 3. The van der Waals surface area contributed by atoms with E-state index in [1.807, 2.05) is 42.5 Å². The van der Waals surface area contributed by atoms with E-state index in [2.05, 4.69) is 12.1 Å². The molecule has 1 unspecified atom stereocenters. The first-order chi connectivity index (χ1) is 9.65. The minimum absolute atomic E-state index is 0.0906. The second kappa shape index (κ2) is 6.73. The van der Waals surface area contributed by atoms with Gasteiger partial charge < -0.3 is 16.2 Å². The molecule has 2 aromatic rings. The largest absolute Gasteiger partial charge is 0.491 e. The molecule has 0 spiro atoms. The van der Waals surface area contributed by atoms with Gasteiger partial charge >= 0.3 is 0 Å². The highest BCUT2D eigenvalue weighted by molar-refractivity contribution is 5.79. The summed E-state index contributed by atoms with van der Waals surface area (Å²) in [6, 6.07) is 17.2. The predicted octanol–water partition coefficient (Wildman–Crippen LogP) is 1.47. The predicted molar refractivity (Wildman–Crippen MR) is 78.4 cm³/mol. The van der Waals surface area contributed by atoms with Crippen LogP contribution in [0.25, 0.3) is 0 Å². The maximum atomic E-state index is 10.8. The van der Waals surface area contributed by atoms with Crippen LogP contribution in [0.1, 0.15) is 11.1 Å². The van der Waals surface area contributed by atoms with Gasteiger partial charge in [0.2, 0.25) is 5.91 Å². The van der Waals surface area contributed by atoms with Gasteiger partial charge in [-0.05, 0) is 29.7 Å². The Labute approximate surface area is 118 Å². The number of nitrogens with two attached hydrogens (primary N) is 2. The van der Waals surface area contributed by atoms with Crippen molar-refractivity contribution in [3.05, 3.63) is 65.7 Å². The lowest BCUT2D eigenvalue weighted by Gasteiger charge is -2.10. The fourth-order valence-electron chi connectivity index (χ4n) is 1.80. The molecule has 0 bridgehead atoms. The van der Waals surface area contributed by atoms with Gasteiger partial charge in [-0.2, -0.15) is 0 Å². The molecule has 0 aliphatic carbocycles. The minimum atomic E-state index is -0.779. The van der Waals surface area contributed by atoms with Crippen molar-refractivity contribution in [2.75, 3.05) is 6.61 Å². The van der Waals surface area contributed by atoms with Crippen molar-refractivity contribution in [1.82, 2.24) is 0 Å². The Bertz CT molecular complexity index is 552. The summed E-state index contributed by atoms with van der Waals surface area (Å²) in [5, 5.41) is 0. The highest BCUT2D eigenvalue weighted by Crippen LogP contribution is 2.15.